The van der Waals surface area contributed by atoms with Crippen LogP contribution in [-0.4, -0.2) is 68.3 Å². The van der Waals surface area contributed by atoms with Gasteiger partial charge < -0.3 is 20.5 Å². The van der Waals surface area contributed by atoms with Gasteiger partial charge in [-0.3, -0.25) is 4.79 Å². The van der Waals surface area contributed by atoms with E-state index in [1.165, 1.54) is 30.9 Å². The van der Waals surface area contributed by atoms with Gasteiger partial charge in [0.2, 0.25) is 0 Å². The Kier molecular flexibility index (Phi) is 7.14. The first-order valence-electron chi connectivity index (χ1n) is 10.6. The summed E-state index contributed by atoms with van der Waals surface area (Å²) in [4.78, 5) is 21.5. The van der Waals surface area contributed by atoms with Gasteiger partial charge in [-0.15, -0.1) is 0 Å². The molecule has 0 spiro atoms. The van der Waals surface area contributed by atoms with Crippen LogP contribution in [0, 0.1) is 11.3 Å². The summed E-state index contributed by atoms with van der Waals surface area (Å²) in [6, 6.07) is 5.34. The number of halogens is 1. The lowest BCUT2D eigenvalue weighted by Gasteiger charge is -2.25. The average molecular weight is 470 g/mol. The fraction of sp³-hybridized carbons (Fsp3) is 0.435. The van der Waals surface area contributed by atoms with Gasteiger partial charge in [0.25, 0.3) is 5.91 Å². The van der Waals surface area contributed by atoms with E-state index in [1.807, 2.05) is 19.9 Å². The highest BCUT2D eigenvalue weighted by Crippen LogP contribution is 2.23. The zero-order valence-electron chi connectivity index (χ0n) is 19.8. The molecule has 1 atom stereocenters. The number of nitriles is 1. The second-order valence-electron chi connectivity index (χ2n) is 9.04. The largest absolute Gasteiger partial charge is 0.387 e. The number of hydrogen-bond donors (Lipinski definition) is 3. The molecule has 10 nitrogen and oxygen atoms in total. The summed E-state index contributed by atoms with van der Waals surface area (Å²) >= 11 is 0. The molecule has 34 heavy (non-hydrogen) atoms. The minimum Gasteiger partial charge on any atom is -0.387 e. The van der Waals surface area contributed by atoms with Gasteiger partial charge in [-0.05, 0) is 33.8 Å². The van der Waals surface area contributed by atoms with Crippen LogP contribution in [0.4, 0.5) is 10.1 Å². The van der Waals surface area contributed by atoms with Crippen molar-refractivity contribution in [3.63, 3.8) is 0 Å². The van der Waals surface area contributed by atoms with Crippen LogP contribution in [0.25, 0.3) is 16.9 Å². The molecule has 0 aliphatic heterocycles. The van der Waals surface area contributed by atoms with Crippen molar-refractivity contribution < 1.29 is 19.0 Å². The molecule has 0 fully saturated rings. The predicted octanol–water partition coefficient (Wildman–Crippen LogP) is 2.36. The van der Waals surface area contributed by atoms with Crippen molar-refractivity contribution in [2.45, 2.75) is 45.1 Å². The van der Waals surface area contributed by atoms with E-state index in [4.69, 9.17) is 10.00 Å². The molecule has 0 bridgehead atoms. The molecule has 3 heterocycles. The Bertz CT molecular complexity index is 1230. The SMILES string of the molecule is COC(C)(C)CNc1cc(-n2ncc3cc(C#N)cnc32)ncc1C(=O)NCC(F)C(C)(C)O. The molecule has 3 N–H and O–H groups in total. The maximum absolute atomic E-state index is 14.1. The molecule has 0 saturated carbocycles. The van der Waals surface area contributed by atoms with Crippen molar-refractivity contribution in [2.75, 3.05) is 25.5 Å². The van der Waals surface area contributed by atoms with Gasteiger partial charge >= 0.3 is 0 Å². The molecular weight excluding hydrogens is 441 g/mol. The predicted molar refractivity (Wildman–Crippen MR) is 124 cm³/mol. The topological polar surface area (TPSA) is 138 Å². The van der Waals surface area contributed by atoms with Crippen molar-refractivity contribution >= 4 is 22.6 Å². The molecular formula is C23H28FN7O3. The van der Waals surface area contributed by atoms with Crippen molar-refractivity contribution in [3.8, 4) is 11.9 Å². The number of methoxy groups -OCH3 is 1. The third-order valence-corrected chi connectivity index (χ3v) is 5.35. The highest BCUT2D eigenvalue weighted by Gasteiger charge is 2.27. The van der Waals surface area contributed by atoms with E-state index in [0.29, 0.717) is 34.6 Å². The number of pyridine rings is 2. The second-order valence-corrected chi connectivity index (χ2v) is 9.04. The Balaban J connectivity index is 1.95. The molecule has 0 radical (unpaired) electrons. The number of aliphatic hydroxyl groups is 1. The number of nitrogens with zero attached hydrogens (tertiary/aromatic N) is 5. The number of anilines is 1. The summed E-state index contributed by atoms with van der Waals surface area (Å²) in [7, 11) is 1.59. The Morgan fingerprint density at radius 1 is 1.26 bits per heavy atom. The summed E-state index contributed by atoms with van der Waals surface area (Å²) in [6.45, 7) is 6.45. The lowest BCUT2D eigenvalue weighted by Crippen LogP contribution is -2.42. The number of carbonyl (C=O) groups excluding carboxylic acids is 1. The molecule has 0 saturated heterocycles. The Labute approximate surface area is 196 Å². The molecule has 3 aromatic rings. The van der Waals surface area contributed by atoms with Crippen molar-refractivity contribution in [2.24, 2.45) is 0 Å². The Morgan fingerprint density at radius 3 is 2.65 bits per heavy atom. The van der Waals surface area contributed by atoms with E-state index in [1.54, 1.807) is 25.4 Å². The van der Waals surface area contributed by atoms with Crippen molar-refractivity contribution in [3.05, 3.63) is 41.9 Å². The third-order valence-electron chi connectivity index (χ3n) is 5.35. The van der Waals surface area contributed by atoms with Gasteiger partial charge in [-0.25, -0.2) is 14.4 Å². The first-order valence-corrected chi connectivity index (χ1v) is 10.6. The van der Waals surface area contributed by atoms with Crippen molar-refractivity contribution in [1.29, 1.82) is 5.26 Å². The van der Waals surface area contributed by atoms with E-state index < -0.39 is 23.3 Å². The molecule has 1 unspecified atom stereocenters. The first-order chi connectivity index (χ1) is 15.9. The van der Waals surface area contributed by atoms with Gasteiger partial charge in [0, 0.05) is 37.5 Å². The normalized spacial score (nSPS) is 12.9. The van der Waals surface area contributed by atoms with Crippen LogP contribution in [0.2, 0.25) is 0 Å². The molecule has 0 aliphatic rings. The number of ether oxygens (including phenoxy) is 1. The smallest absolute Gasteiger partial charge is 0.255 e. The molecule has 0 aromatic carbocycles. The molecule has 3 aromatic heterocycles. The first kappa shape index (κ1) is 25.0. The van der Waals surface area contributed by atoms with Crippen LogP contribution >= 0.6 is 0 Å². The van der Waals surface area contributed by atoms with Crippen LogP contribution in [0.5, 0.6) is 0 Å². The summed E-state index contributed by atoms with van der Waals surface area (Å²) in [5.74, 6) is -0.160. The standard InChI is InChI=1S/C23H28FN7O3/c1-22(2,34-5)13-29-17-7-19(31-20-15(10-30-31)6-14(8-25)9-27-20)26-11-16(17)21(32)28-12-18(24)23(3,4)33/h6-7,9-11,18,33H,12-13H2,1-5H3,(H,26,29)(H,28,32). The number of amides is 1. The summed E-state index contributed by atoms with van der Waals surface area (Å²) in [6.07, 6.45) is 2.73. The second kappa shape index (κ2) is 9.70. The van der Waals surface area contributed by atoms with Crippen LogP contribution < -0.4 is 10.6 Å². The number of nitrogens with one attached hydrogen (secondary N) is 2. The fourth-order valence-corrected chi connectivity index (χ4v) is 2.94. The molecule has 1 amide bonds. The van der Waals surface area contributed by atoms with Gasteiger partial charge in [0.1, 0.15) is 12.2 Å². The Hall–Kier alpha value is -3.62. The monoisotopic (exact) mass is 469 g/mol. The van der Waals surface area contributed by atoms with Gasteiger partial charge in [-0.1, -0.05) is 0 Å². The molecule has 180 valence electrons. The number of hydrogen-bond acceptors (Lipinski definition) is 8. The van der Waals surface area contributed by atoms with E-state index in [2.05, 4.69) is 25.7 Å². The fourth-order valence-electron chi connectivity index (χ4n) is 2.94. The van der Waals surface area contributed by atoms with Crippen molar-refractivity contribution in [1.82, 2.24) is 25.1 Å². The summed E-state index contributed by atoms with van der Waals surface area (Å²) in [5, 5.41) is 29.6. The number of aromatic nitrogens is 4. The van der Waals surface area contributed by atoms with E-state index >= 15 is 0 Å². The number of rotatable bonds is 9. The molecule has 3 rings (SSSR count). The van der Waals surface area contributed by atoms with Gasteiger partial charge in [0.05, 0.1) is 40.8 Å². The third kappa shape index (κ3) is 5.65. The maximum atomic E-state index is 14.1. The molecule has 11 heteroatoms. The number of carbonyl (C=O) groups is 1. The minimum atomic E-state index is -1.65. The highest BCUT2D eigenvalue weighted by atomic mass is 19.1. The number of alkyl halides is 1. The minimum absolute atomic E-state index is 0.190. The van der Waals surface area contributed by atoms with E-state index in [-0.39, 0.29) is 12.1 Å². The zero-order chi connectivity index (χ0) is 25.1. The van der Waals surface area contributed by atoms with E-state index in [0.717, 1.165) is 0 Å². The quantitative estimate of drug-likeness (QED) is 0.434. The van der Waals surface area contributed by atoms with Crippen LogP contribution in [0.1, 0.15) is 43.6 Å². The van der Waals surface area contributed by atoms with Crippen LogP contribution in [-0.2, 0) is 4.74 Å². The van der Waals surface area contributed by atoms with Gasteiger partial charge in [0.15, 0.2) is 11.5 Å². The molecule has 0 aliphatic carbocycles. The van der Waals surface area contributed by atoms with Crippen LogP contribution in [0.15, 0.2) is 30.7 Å². The van der Waals surface area contributed by atoms with Gasteiger partial charge in [-0.2, -0.15) is 15.0 Å². The lowest BCUT2D eigenvalue weighted by atomic mass is 10.0. The zero-order valence-corrected chi connectivity index (χ0v) is 19.8. The summed E-state index contributed by atoms with van der Waals surface area (Å²) in [5.41, 5.74) is -0.585. The van der Waals surface area contributed by atoms with E-state index in [9.17, 15) is 14.3 Å². The number of fused-ring (bicyclic) bond motifs is 1. The average Bonchev–Trinajstić information content (AvgIpc) is 3.23. The summed E-state index contributed by atoms with van der Waals surface area (Å²) < 4.78 is 21.1. The lowest BCUT2D eigenvalue weighted by molar-refractivity contribution is -0.00178. The Morgan fingerprint density at radius 2 is 2.00 bits per heavy atom. The van der Waals surface area contributed by atoms with Crippen LogP contribution in [0.3, 0.4) is 0 Å². The maximum Gasteiger partial charge on any atom is 0.255 e. The highest BCUT2D eigenvalue weighted by molar-refractivity contribution is 5.99.